The summed E-state index contributed by atoms with van der Waals surface area (Å²) in [6, 6.07) is 0. The minimum absolute atomic E-state index is 0.0598. The van der Waals surface area contributed by atoms with Gasteiger partial charge in [-0.15, -0.1) is 0 Å². The Bertz CT molecular complexity index is 282. The van der Waals surface area contributed by atoms with Crippen molar-refractivity contribution in [3.8, 4) is 0 Å². The molecule has 0 aromatic heterocycles. The molecule has 0 bridgehead atoms. The minimum atomic E-state index is 0.0598. The van der Waals surface area contributed by atoms with Gasteiger partial charge in [0, 0.05) is 29.7 Å². The fraction of sp³-hybridized carbons (Fsp3) is 1.00. The van der Waals surface area contributed by atoms with Crippen LogP contribution < -0.4 is 5.32 Å². The van der Waals surface area contributed by atoms with Gasteiger partial charge in [-0.3, -0.25) is 0 Å². The largest absolute Gasteiger partial charge is 0.378 e. The van der Waals surface area contributed by atoms with Gasteiger partial charge in [-0.2, -0.15) is 0 Å². The van der Waals surface area contributed by atoms with Crippen molar-refractivity contribution >= 4 is 0 Å². The van der Waals surface area contributed by atoms with Crippen LogP contribution in [-0.2, 0) is 9.47 Å². The molecular weight excluding hydrogens is 250 g/mol. The molecule has 1 saturated heterocycles. The molecule has 2 unspecified atom stereocenters. The second kappa shape index (κ2) is 6.33. The first-order valence-electron chi connectivity index (χ1n) is 8.11. The Morgan fingerprint density at radius 2 is 1.20 bits per heavy atom. The average Bonchev–Trinajstić information content (AvgIpc) is 2.25. The van der Waals surface area contributed by atoms with Crippen molar-refractivity contribution in [2.24, 2.45) is 5.41 Å². The van der Waals surface area contributed by atoms with Crippen molar-refractivity contribution in [1.82, 2.24) is 5.32 Å². The second-order valence-corrected chi connectivity index (χ2v) is 7.67. The summed E-state index contributed by atoms with van der Waals surface area (Å²) in [6.45, 7) is 19.3. The maximum Gasteiger partial charge on any atom is 0.0629 e. The zero-order chi connectivity index (χ0) is 15.6. The van der Waals surface area contributed by atoms with Gasteiger partial charge in [0.15, 0.2) is 0 Å². The molecular formula is C17H35NO2. The smallest absolute Gasteiger partial charge is 0.0629 e. The third-order valence-corrected chi connectivity index (χ3v) is 4.67. The molecule has 1 aliphatic rings. The Kier molecular flexibility index (Phi) is 5.67. The van der Waals surface area contributed by atoms with Crippen LogP contribution in [0.4, 0.5) is 0 Å². The van der Waals surface area contributed by atoms with Gasteiger partial charge in [0.05, 0.1) is 12.2 Å². The van der Waals surface area contributed by atoms with Gasteiger partial charge in [0.1, 0.15) is 0 Å². The lowest BCUT2D eigenvalue weighted by Gasteiger charge is -2.57. The standard InChI is InChI=1S/C17H35NO2/c1-9-19-13(3)17(14(4)20-10-2)11-15(5,6)18-16(7,8)12-17/h13-14,18H,9-12H2,1-8H3. The number of ether oxygens (including phenoxy) is 2. The summed E-state index contributed by atoms with van der Waals surface area (Å²) >= 11 is 0. The van der Waals surface area contributed by atoms with Gasteiger partial charge in [-0.05, 0) is 68.2 Å². The molecule has 1 rings (SSSR count). The third-order valence-electron chi connectivity index (χ3n) is 4.67. The summed E-state index contributed by atoms with van der Waals surface area (Å²) in [5, 5.41) is 3.77. The molecule has 1 aliphatic heterocycles. The molecule has 0 aromatic rings. The Morgan fingerprint density at radius 3 is 1.50 bits per heavy atom. The van der Waals surface area contributed by atoms with Crippen LogP contribution in [-0.4, -0.2) is 36.5 Å². The number of piperidine rings is 1. The number of hydrogen-bond acceptors (Lipinski definition) is 3. The van der Waals surface area contributed by atoms with Crippen LogP contribution in [0.25, 0.3) is 0 Å². The quantitative estimate of drug-likeness (QED) is 0.806. The van der Waals surface area contributed by atoms with Crippen molar-refractivity contribution in [2.75, 3.05) is 13.2 Å². The van der Waals surface area contributed by atoms with Crippen LogP contribution in [0, 0.1) is 5.41 Å². The van der Waals surface area contributed by atoms with E-state index in [1.165, 1.54) is 0 Å². The lowest BCUT2D eigenvalue weighted by Crippen LogP contribution is -2.66. The molecule has 0 radical (unpaired) electrons. The molecule has 0 aliphatic carbocycles. The SMILES string of the molecule is CCOC(C)C1(C(C)OCC)CC(C)(C)NC(C)(C)C1. The van der Waals surface area contributed by atoms with E-state index in [2.05, 4.69) is 60.7 Å². The van der Waals surface area contributed by atoms with Gasteiger partial charge in [0.25, 0.3) is 0 Å². The third kappa shape index (κ3) is 3.96. The Labute approximate surface area is 125 Å². The maximum atomic E-state index is 6.03. The van der Waals surface area contributed by atoms with Crippen LogP contribution in [0.2, 0.25) is 0 Å². The van der Waals surface area contributed by atoms with Crippen LogP contribution in [0.5, 0.6) is 0 Å². The highest BCUT2D eigenvalue weighted by Gasteiger charge is 2.53. The van der Waals surface area contributed by atoms with Gasteiger partial charge in [0.2, 0.25) is 0 Å². The van der Waals surface area contributed by atoms with Crippen LogP contribution in [0.3, 0.4) is 0 Å². The van der Waals surface area contributed by atoms with E-state index >= 15 is 0 Å². The first-order valence-corrected chi connectivity index (χ1v) is 8.11. The van der Waals surface area contributed by atoms with Crippen molar-refractivity contribution in [3.63, 3.8) is 0 Å². The summed E-state index contributed by atoms with van der Waals surface area (Å²) in [6.07, 6.45) is 2.56. The lowest BCUT2D eigenvalue weighted by atomic mass is 9.60. The summed E-state index contributed by atoms with van der Waals surface area (Å²) in [5.41, 5.74) is 0.251. The normalized spacial score (nSPS) is 27.0. The molecule has 0 saturated carbocycles. The van der Waals surface area contributed by atoms with E-state index in [-0.39, 0.29) is 28.7 Å². The summed E-state index contributed by atoms with van der Waals surface area (Å²) in [7, 11) is 0. The fourth-order valence-electron chi connectivity index (χ4n) is 4.45. The van der Waals surface area contributed by atoms with Crippen LogP contribution >= 0.6 is 0 Å². The average molecular weight is 285 g/mol. The van der Waals surface area contributed by atoms with Crippen molar-refractivity contribution in [2.45, 2.75) is 91.5 Å². The van der Waals surface area contributed by atoms with Gasteiger partial charge < -0.3 is 14.8 Å². The van der Waals surface area contributed by atoms with Gasteiger partial charge in [-0.1, -0.05) is 0 Å². The van der Waals surface area contributed by atoms with E-state index in [0.29, 0.717) is 0 Å². The van der Waals surface area contributed by atoms with E-state index in [1.807, 2.05) is 0 Å². The maximum absolute atomic E-state index is 6.03. The molecule has 0 spiro atoms. The Hall–Kier alpha value is -0.120. The van der Waals surface area contributed by atoms with E-state index in [0.717, 1.165) is 26.1 Å². The van der Waals surface area contributed by atoms with Crippen LogP contribution in [0.15, 0.2) is 0 Å². The Morgan fingerprint density at radius 1 is 0.850 bits per heavy atom. The summed E-state index contributed by atoms with van der Waals surface area (Å²) in [4.78, 5) is 0. The van der Waals surface area contributed by atoms with Crippen molar-refractivity contribution in [1.29, 1.82) is 0 Å². The molecule has 2 atom stereocenters. The lowest BCUT2D eigenvalue weighted by molar-refractivity contribution is -0.151. The zero-order valence-corrected chi connectivity index (χ0v) is 14.8. The molecule has 1 fully saturated rings. The van der Waals surface area contributed by atoms with Crippen molar-refractivity contribution in [3.05, 3.63) is 0 Å². The minimum Gasteiger partial charge on any atom is -0.378 e. The van der Waals surface area contributed by atoms with E-state index in [4.69, 9.17) is 9.47 Å². The molecule has 20 heavy (non-hydrogen) atoms. The molecule has 1 N–H and O–H groups in total. The topological polar surface area (TPSA) is 30.5 Å². The predicted molar refractivity (Wildman–Crippen MR) is 85.1 cm³/mol. The second-order valence-electron chi connectivity index (χ2n) is 7.67. The van der Waals surface area contributed by atoms with E-state index in [9.17, 15) is 0 Å². The molecule has 1 heterocycles. The Balaban J connectivity index is 3.14. The number of rotatable bonds is 6. The first kappa shape index (κ1) is 17.9. The monoisotopic (exact) mass is 285 g/mol. The summed E-state index contributed by atoms with van der Waals surface area (Å²) < 4.78 is 12.1. The number of nitrogens with one attached hydrogen (secondary N) is 1. The molecule has 3 nitrogen and oxygen atoms in total. The highest BCUT2D eigenvalue weighted by molar-refractivity contribution is 5.08. The van der Waals surface area contributed by atoms with E-state index in [1.54, 1.807) is 0 Å². The first-order chi connectivity index (χ1) is 9.08. The number of hydrogen-bond donors (Lipinski definition) is 1. The summed E-state index contributed by atoms with van der Waals surface area (Å²) in [5.74, 6) is 0. The predicted octanol–water partition coefficient (Wildman–Crippen LogP) is 3.76. The molecule has 0 aromatic carbocycles. The fourth-order valence-corrected chi connectivity index (χ4v) is 4.45. The highest BCUT2D eigenvalue weighted by atomic mass is 16.5. The molecule has 120 valence electrons. The molecule has 0 amide bonds. The highest BCUT2D eigenvalue weighted by Crippen LogP contribution is 2.48. The van der Waals surface area contributed by atoms with E-state index < -0.39 is 0 Å². The van der Waals surface area contributed by atoms with Crippen molar-refractivity contribution < 1.29 is 9.47 Å². The van der Waals surface area contributed by atoms with Gasteiger partial charge >= 0.3 is 0 Å². The van der Waals surface area contributed by atoms with Gasteiger partial charge in [-0.25, -0.2) is 0 Å². The van der Waals surface area contributed by atoms with Crippen LogP contribution in [0.1, 0.15) is 68.2 Å². The molecule has 3 heteroatoms. The zero-order valence-electron chi connectivity index (χ0n) is 14.8.